The summed E-state index contributed by atoms with van der Waals surface area (Å²) < 4.78 is 0. The van der Waals surface area contributed by atoms with E-state index in [1.54, 1.807) is 37.3 Å². The molecule has 0 aliphatic rings. The molecule has 13 nitrogen and oxygen atoms in total. The molecule has 0 aliphatic carbocycles. The van der Waals surface area contributed by atoms with Gasteiger partial charge in [-0.3, -0.25) is 33.6 Å². The summed E-state index contributed by atoms with van der Waals surface area (Å²) in [6.07, 6.45) is -0.971. The van der Waals surface area contributed by atoms with Crippen LogP contribution in [0.2, 0.25) is 0 Å². The molecule has 0 fully saturated rings. The molecule has 220 valence electrons. The van der Waals surface area contributed by atoms with Crippen LogP contribution in [-0.2, 0) is 40.0 Å². The van der Waals surface area contributed by atoms with Gasteiger partial charge in [-0.1, -0.05) is 50.6 Å². The van der Waals surface area contributed by atoms with Crippen LogP contribution in [0.3, 0.4) is 0 Å². The first-order chi connectivity index (χ1) is 18.7. The van der Waals surface area contributed by atoms with Crippen molar-refractivity contribution in [2.24, 2.45) is 5.92 Å². The highest BCUT2D eigenvalue weighted by atomic mass is 16.4. The molecule has 0 spiro atoms. The van der Waals surface area contributed by atoms with Gasteiger partial charge < -0.3 is 31.5 Å². The quantitative estimate of drug-likeness (QED) is 0.153. The van der Waals surface area contributed by atoms with Crippen LogP contribution in [0.4, 0.5) is 0 Å². The zero-order chi connectivity index (χ0) is 30.4. The molecule has 0 aromatic heterocycles. The minimum atomic E-state index is -1.38. The van der Waals surface area contributed by atoms with Crippen LogP contribution in [-0.4, -0.2) is 75.7 Å². The molecule has 0 aliphatic heterocycles. The number of rotatable bonds is 17. The van der Waals surface area contributed by atoms with E-state index in [1.165, 1.54) is 6.92 Å². The van der Waals surface area contributed by atoms with Crippen molar-refractivity contribution in [1.29, 1.82) is 0 Å². The number of benzene rings is 1. The molecule has 0 saturated heterocycles. The number of hydrogen-bond donors (Lipinski definition) is 6. The maximum absolute atomic E-state index is 13.3. The molecule has 0 heterocycles. The lowest BCUT2D eigenvalue weighted by atomic mass is 9.97. The van der Waals surface area contributed by atoms with Gasteiger partial charge in [-0.25, -0.2) is 0 Å². The number of Topliss-reactive ketones (excluding diaryl/α,β-unsaturated/α-hetero) is 1. The van der Waals surface area contributed by atoms with Gasteiger partial charge >= 0.3 is 11.9 Å². The van der Waals surface area contributed by atoms with Crippen molar-refractivity contribution in [3.8, 4) is 0 Å². The molecule has 40 heavy (non-hydrogen) atoms. The van der Waals surface area contributed by atoms with E-state index in [-0.39, 0.29) is 18.8 Å². The van der Waals surface area contributed by atoms with Crippen LogP contribution in [0.1, 0.15) is 58.9 Å². The van der Waals surface area contributed by atoms with E-state index in [2.05, 4.69) is 21.3 Å². The molecule has 1 rings (SSSR count). The largest absolute Gasteiger partial charge is 0.481 e. The van der Waals surface area contributed by atoms with Gasteiger partial charge in [0.15, 0.2) is 5.78 Å². The third-order valence-electron chi connectivity index (χ3n) is 6.24. The Kier molecular flexibility index (Phi) is 14.0. The average molecular weight is 563 g/mol. The van der Waals surface area contributed by atoms with Crippen molar-refractivity contribution in [3.05, 3.63) is 35.9 Å². The van der Waals surface area contributed by atoms with Gasteiger partial charge in [0.2, 0.25) is 23.6 Å². The van der Waals surface area contributed by atoms with E-state index in [9.17, 15) is 38.7 Å². The second kappa shape index (κ2) is 16.6. The van der Waals surface area contributed by atoms with Gasteiger partial charge in [-0.05, 0) is 24.8 Å². The van der Waals surface area contributed by atoms with Gasteiger partial charge in [-0.15, -0.1) is 0 Å². The van der Waals surface area contributed by atoms with E-state index < -0.39 is 78.4 Å². The molecule has 1 aromatic carbocycles. The van der Waals surface area contributed by atoms with Crippen LogP contribution >= 0.6 is 0 Å². The van der Waals surface area contributed by atoms with Gasteiger partial charge in [0.25, 0.3) is 0 Å². The molecule has 5 atom stereocenters. The molecule has 0 radical (unpaired) electrons. The predicted octanol–water partition coefficient (Wildman–Crippen LogP) is 0.163. The number of carbonyl (C=O) groups excluding carboxylic acids is 5. The van der Waals surface area contributed by atoms with Gasteiger partial charge in [0.05, 0.1) is 12.5 Å². The van der Waals surface area contributed by atoms with Crippen molar-refractivity contribution in [2.45, 2.75) is 84.0 Å². The fourth-order valence-electron chi connectivity index (χ4n) is 3.79. The van der Waals surface area contributed by atoms with Crippen LogP contribution < -0.4 is 21.3 Å². The van der Waals surface area contributed by atoms with Crippen molar-refractivity contribution < 1.29 is 43.8 Å². The average Bonchev–Trinajstić information content (AvgIpc) is 2.88. The number of aliphatic carboxylic acids is 2. The summed E-state index contributed by atoms with van der Waals surface area (Å²) in [5.74, 6) is -6.29. The molecular formula is C27H38N4O9. The lowest BCUT2D eigenvalue weighted by Gasteiger charge is -2.27. The predicted molar refractivity (Wildman–Crippen MR) is 143 cm³/mol. The second-order valence-electron chi connectivity index (χ2n) is 9.58. The maximum atomic E-state index is 13.3. The lowest BCUT2D eigenvalue weighted by Crippen LogP contribution is -2.59. The van der Waals surface area contributed by atoms with Crippen LogP contribution in [0.25, 0.3) is 0 Å². The molecule has 0 saturated carbocycles. The van der Waals surface area contributed by atoms with E-state index >= 15 is 0 Å². The van der Waals surface area contributed by atoms with Crippen LogP contribution in [0, 0.1) is 5.92 Å². The summed E-state index contributed by atoms with van der Waals surface area (Å²) in [6.45, 7) is 5.91. The highest BCUT2D eigenvalue weighted by Crippen LogP contribution is 2.11. The van der Waals surface area contributed by atoms with Crippen molar-refractivity contribution >= 4 is 41.4 Å². The second-order valence-corrected chi connectivity index (χ2v) is 9.58. The van der Waals surface area contributed by atoms with Crippen LogP contribution in [0.15, 0.2) is 30.3 Å². The zero-order valence-corrected chi connectivity index (χ0v) is 23.1. The summed E-state index contributed by atoms with van der Waals surface area (Å²) in [5, 5.41) is 28.2. The fraction of sp³-hybridized carbons (Fsp3) is 0.519. The Morgan fingerprint density at radius 3 is 1.80 bits per heavy atom. The van der Waals surface area contributed by atoms with Gasteiger partial charge in [0, 0.05) is 19.8 Å². The van der Waals surface area contributed by atoms with Gasteiger partial charge in [0.1, 0.15) is 18.1 Å². The Balaban J connectivity index is 3.26. The number of carbonyl (C=O) groups is 7. The summed E-state index contributed by atoms with van der Waals surface area (Å²) in [6, 6.07) is 3.56. The highest BCUT2D eigenvalue weighted by molar-refractivity contribution is 5.96. The first kappa shape index (κ1) is 33.7. The minimum Gasteiger partial charge on any atom is -0.481 e. The number of ketones is 1. The molecule has 13 heteroatoms. The minimum absolute atomic E-state index is 0.0446. The Morgan fingerprint density at radius 1 is 0.750 bits per heavy atom. The van der Waals surface area contributed by atoms with Gasteiger partial charge in [-0.2, -0.15) is 0 Å². The molecule has 0 bridgehead atoms. The number of hydrogen-bond acceptors (Lipinski definition) is 7. The summed E-state index contributed by atoms with van der Waals surface area (Å²) >= 11 is 0. The number of nitrogens with one attached hydrogen (secondary N) is 4. The third kappa shape index (κ3) is 12.0. The van der Waals surface area contributed by atoms with Crippen molar-refractivity contribution in [1.82, 2.24) is 21.3 Å². The zero-order valence-electron chi connectivity index (χ0n) is 23.1. The molecule has 6 N–H and O–H groups in total. The van der Waals surface area contributed by atoms with Crippen LogP contribution in [0.5, 0.6) is 0 Å². The third-order valence-corrected chi connectivity index (χ3v) is 6.24. The Labute approximate surface area is 232 Å². The first-order valence-corrected chi connectivity index (χ1v) is 12.9. The Bertz CT molecular complexity index is 1080. The van der Waals surface area contributed by atoms with E-state index in [4.69, 9.17) is 5.11 Å². The lowest BCUT2D eigenvalue weighted by molar-refractivity contribution is -0.141. The molecule has 1 aromatic rings. The molecular weight excluding hydrogens is 524 g/mol. The van der Waals surface area contributed by atoms with E-state index in [1.807, 2.05) is 6.92 Å². The first-order valence-electron chi connectivity index (χ1n) is 12.9. The normalized spacial score (nSPS) is 14.4. The highest BCUT2D eigenvalue weighted by Gasteiger charge is 2.32. The standard InChI is InChI=1S/C27H38N4O9/c1-5-15(2)24(28-17(4)33)27(40)29-19(11-12-22(34)35)25(38)31-21(13-18-9-7-6-8-10-18)26(39)30-20(16(3)32)14-23(36)37/h6-10,15,19-21,24H,5,11-14H2,1-4H3,(H,28,33)(H,29,40)(H,30,39)(H,31,38)(H,34,35)(H,36,37)/t15?,19-,20-,21-,24-/m0/s1. The summed E-state index contributed by atoms with van der Waals surface area (Å²) in [4.78, 5) is 85.5. The Hall–Kier alpha value is -4.29. The maximum Gasteiger partial charge on any atom is 0.305 e. The number of amides is 4. The number of carboxylic acid groups (broad SMARTS) is 2. The summed E-state index contributed by atoms with van der Waals surface area (Å²) in [7, 11) is 0. The van der Waals surface area contributed by atoms with Crippen molar-refractivity contribution in [3.63, 3.8) is 0 Å². The van der Waals surface area contributed by atoms with E-state index in [0.29, 0.717) is 12.0 Å². The SMILES string of the molecule is CCC(C)[C@H](NC(C)=O)C(=O)N[C@@H](CCC(=O)O)C(=O)N[C@@H](Cc1ccccc1)C(=O)N[C@@H](CC(=O)O)C(C)=O. The summed E-state index contributed by atoms with van der Waals surface area (Å²) in [5.41, 5.74) is 0.633. The van der Waals surface area contributed by atoms with E-state index in [0.717, 1.165) is 6.92 Å². The Morgan fingerprint density at radius 2 is 1.30 bits per heavy atom. The monoisotopic (exact) mass is 562 g/mol. The fourth-order valence-corrected chi connectivity index (χ4v) is 3.79. The topological polar surface area (TPSA) is 208 Å². The molecule has 1 unspecified atom stereocenters. The molecule has 4 amide bonds. The smallest absolute Gasteiger partial charge is 0.305 e. The number of carboxylic acids is 2. The van der Waals surface area contributed by atoms with Crippen molar-refractivity contribution in [2.75, 3.05) is 0 Å².